The monoisotopic (exact) mass is 302 g/mol. The number of rotatable bonds is 6. The van der Waals surface area contributed by atoms with E-state index < -0.39 is 0 Å². The van der Waals surface area contributed by atoms with Gasteiger partial charge >= 0.3 is 0 Å². The van der Waals surface area contributed by atoms with Crippen LogP contribution in [-0.4, -0.2) is 23.3 Å². The van der Waals surface area contributed by atoms with E-state index in [4.69, 9.17) is 0 Å². The van der Waals surface area contributed by atoms with Crippen LogP contribution in [0, 0.1) is 5.92 Å². The van der Waals surface area contributed by atoms with Gasteiger partial charge in [0, 0.05) is 22.5 Å². The van der Waals surface area contributed by atoms with Crippen LogP contribution < -0.4 is 5.32 Å². The molecule has 0 radical (unpaired) electrons. The highest BCUT2D eigenvalue weighted by atomic mass is 79.9. The Hall–Kier alpha value is -0.0600. The molecule has 0 aromatic carbocycles. The first-order chi connectivity index (χ1) is 7.59. The minimum atomic E-state index is 0.564. The van der Waals surface area contributed by atoms with Gasteiger partial charge in [-0.2, -0.15) is 0 Å². The zero-order valence-corrected chi connectivity index (χ0v) is 12.4. The van der Waals surface area contributed by atoms with Crippen molar-refractivity contribution < 1.29 is 0 Å². The Labute approximate surface area is 111 Å². The largest absolute Gasteiger partial charge is 0.314 e. The van der Waals surface area contributed by atoms with E-state index in [-0.39, 0.29) is 0 Å². The number of nitrogens with zero attached hydrogens (tertiary/aromatic N) is 1. The highest BCUT2D eigenvalue weighted by Crippen LogP contribution is 2.25. The van der Waals surface area contributed by atoms with E-state index in [2.05, 4.69) is 47.0 Å². The molecule has 0 aliphatic rings. The molecule has 16 heavy (non-hydrogen) atoms. The molecule has 0 spiro atoms. The average molecular weight is 303 g/mol. The summed E-state index contributed by atoms with van der Waals surface area (Å²) < 4.78 is 1.09. The summed E-state index contributed by atoms with van der Waals surface area (Å²) in [5.41, 5.74) is 0. The molecule has 0 bridgehead atoms. The lowest BCUT2D eigenvalue weighted by atomic mass is 10.2. The fraction of sp³-hybridized carbons (Fsp3) is 0.583. The smallest absolute Gasteiger partial charge is 0.110 e. The Morgan fingerprint density at radius 2 is 2.19 bits per heavy atom. The SMILES string of the molecule is CC(CNC(C)C)CSc1ncccc1Br. The first-order valence-corrected chi connectivity index (χ1v) is 7.34. The predicted octanol–water partition coefficient (Wildman–Crippen LogP) is 3.57. The van der Waals surface area contributed by atoms with Crippen LogP contribution in [0.3, 0.4) is 0 Å². The van der Waals surface area contributed by atoms with Crippen molar-refractivity contribution in [1.29, 1.82) is 0 Å². The van der Waals surface area contributed by atoms with Crippen LogP contribution in [0.5, 0.6) is 0 Å². The van der Waals surface area contributed by atoms with Gasteiger partial charge in [-0.15, -0.1) is 11.8 Å². The topological polar surface area (TPSA) is 24.9 Å². The average Bonchev–Trinajstić information content (AvgIpc) is 2.25. The van der Waals surface area contributed by atoms with Crippen molar-refractivity contribution in [2.75, 3.05) is 12.3 Å². The summed E-state index contributed by atoms with van der Waals surface area (Å²) >= 11 is 5.32. The van der Waals surface area contributed by atoms with Crippen molar-refractivity contribution in [3.63, 3.8) is 0 Å². The van der Waals surface area contributed by atoms with Crippen LogP contribution in [0.4, 0.5) is 0 Å². The molecule has 1 unspecified atom stereocenters. The molecule has 2 nitrogen and oxygen atoms in total. The van der Waals surface area contributed by atoms with E-state index in [0.29, 0.717) is 12.0 Å². The molecule has 1 heterocycles. The lowest BCUT2D eigenvalue weighted by Crippen LogP contribution is -2.28. The molecule has 1 aromatic heterocycles. The van der Waals surface area contributed by atoms with E-state index in [1.54, 1.807) is 0 Å². The molecule has 1 rings (SSSR count). The maximum Gasteiger partial charge on any atom is 0.110 e. The maximum atomic E-state index is 4.34. The summed E-state index contributed by atoms with van der Waals surface area (Å²) in [6.45, 7) is 7.68. The summed E-state index contributed by atoms with van der Waals surface area (Å²) in [5, 5.41) is 4.53. The number of pyridine rings is 1. The van der Waals surface area contributed by atoms with E-state index in [1.165, 1.54) is 0 Å². The van der Waals surface area contributed by atoms with Crippen molar-refractivity contribution in [2.24, 2.45) is 5.92 Å². The predicted molar refractivity (Wildman–Crippen MR) is 75.0 cm³/mol. The third-order valence-electron chi connectivity index (χ3n) is 2.10. The Bertz CT molecular complexity index is 318. The van der Waals surface area contributed by atoms with Crippen LogP contribution in [0.15, 0.2) is 27.8 Å². The first-order valence-electron chi connectivity index (χ1n) is 5.56. The lowest BCUT2D eigenvalue weighted by Gasteiger charge is -2.14. The molecule has 0 saturated heterocycles. The summed E-state index contributed by atoms with van der Waals surface area (Å²) in [7, 11) is 0. The minimum absolute atomic E-state index is 0.564. The van der Waals surface area contributed by atoms with Crippen LogP contribution in [0.1, 0.15) is 20.8 Å². The molecule has 0 amide bonds. The van der Waals surface area contributed by atoms with Crippen molar-refractivity contribution in [3.05, 3.63) is 22.8 Å². The number of thioether (sulfide) groups is 1. The van der Waals surface area contributed by atoms with Crippen LogP contribution in [0.2, 0.25) is 0 Å². The van der Waals surface area contributed by atoms with Gasteiger partial charge in [0.2, 0.25) is 0 Å². The second-order valence-electron chi connectivity index (χ2n) is 4.27. The number of hydrogen-bond acceptors (Lipinski definition) is 3. The number of halogens is 1. The lowest BCUT2D eigenvalue weighted by molar-refractivity contribution is 0.510. The second-order valence-corrected chi connectivity index (χ2v) is 6.13. The number of aromatic nitrogens is 1. The fourth-order valence-corrected chi connectivity index (χ4v) is 2.69. The Morgan fingerprint density at radius 1 is 1.44 bits per heavy atom. The van der Waals surface area contributed by atoms with E-state index >= 15 is 0 Å². The molecule has 4 heteroatoms. The molecular weight excluding hydrogens is 284 g/mol. The summed E-state index contributed by atoms with van der Waals surface area (Å²) in [4.78, 5) is 4.34. The standard InChI is InChI=1S/C12H19BrN2S/c1-9(2)15-7-10(3)8-16-12-11(13)5-4-6-14-12/h4-6,9-10,15H,7-8H2,1-3H3. The van der Waals surface area contributed by atoms with Gasteiger partial charge in [-0.05, 0) is 40.5 Å². The molecule has 1 aromatic rings. The van der Waals surface area contributed by atoms with Gasteiger partial charge in [-0.3, -0.25) is 0 Å². The number of nitrogens with one attached hydrogen (secondary N) is 1. The summed E-state index contributed by atoms with van der Waals surface area (Å²) in [5.74, 6) is 1.75. The van der Waals surface area contributed by atoms with Crippen LogP contribution in [0.25, 0.3) is 0 Å². The van der Waals surface area contributed by atoms with Gasteiger partial charge < -0.3 is 5.32 Å². The van der Waals surface area contributed by atoms with Crippen LogP contribution >= 0.6 is 27.7 Å². The van der Waals surface area contributed by atoms with Crippen molar-refractivity contribution in [1.82, 2.24) is 10.3 Å². The van der Waals surface area contributed by atoms with Gasteiger partial charge in [0.15, 0.2) is 0 Å². The zero-order valence-electron chi connectivity index (χ0n) is 10.0. The van der Waals surface area contributed by atoms with Gasteiger partial charge in [0.25, 0.3) is 0 Å². The Kier molecular flexibility index (Phi) is 6.39. The van der Waals surface area contributed by atoms with Gasteiger partial charge in [0.05, 0.1) is 0 Å². The van der Waals surface area contributed by atoms with Crippen molar-refractivity contribution in [3.8, 4) is 0 Å². The molecule has 0 saturated carbocycles. The van der Waals surface area contributed by atoms with Crippen LogP contribution in [-0.2, 0) is 0 Å². The highest BCUT2D eigenvalue weighted by molar-refractivity contribution is 9.10. The van der Waals surface area contributed by atoms with E-state index in [0.717, 1.165) is 21.8 Å². The maximum absolute atomic E-state index is 4.34. The van der Waals surface area contributed by atoms with Gasteiger partial charge in [-0.25, -0.2) is 4.98 Å². The number of hydrogen-bond donors (Lipinski definition) is 1. The highest BCUT2D eigenvalue weighted by Gasteiger charge is 2.06. The Morgan fingerprint density at radius 3 is 2.81 bits per heavy atom. The molecule has 1 atom stereocenters. The van der Waals surface area contributed by atoms with E-state index in [9.17, 15) is 0 Å². The molecule has 90 valence electrons. The first kappa shape index (κ1) is 14.0. The third-order valence-corrected chi connectivity index (χ3v) is 4.34. The van der Waals surface area contributed by atoms with Gasteiger partial charge in [-0.1, -0.05) is 20.8 Å². The second kappa shape index (κ2) is 7.30. The normalized spacial score (nSPS) is 13.1. The third kappa shape index (κ3) is 5.32. The summed E-state index contributed by atoms with van der Waals surface area (Å²) in [6, 6.07) is 4.54. The molecule has 0 aliphatic carbocycles. The van der Waals surface area contributed by atoms with E-state index in [1.807, 2.05) is 30.1 Å². The molecule has 0 aliphatic heterocycles. The zero-order chi connectivity index (χ0) is 12.0. The quantitative estimate of drug-likeness (QED) is 0.813. The fourth-order valence-electron chi connectivity index (χ4n) is 1.19. The molecule has 1 N–H and O–H groups in total. The molecule has 0 fully saturated rings. The van der Waals surface area contributed by atoms with Gasteiger partial charge in [0.1, 0.15) is 5.03 Å². The van der Waals surface area contributed by atoms with Crippen molar-refractivity contribution >= 4 is 27.7 Å². The van der Waals surface area contributed by atoms with Crippen molar-refractivity contribution in [2.45, 2.75) is 31.8 Å². The minimum Gasteiger partial charge on any atom is -0.314 e. The summed E-state index contributed by atoms with van der Waals surface area (Å²) in [6.07, 6.45) is 1.84. The molecular formula is C12H19BrN2S. The Balaban J connectivity index is 2.31.